The molecular weight excluding hydrogens is 184 g/mol. The smallest absolute Gasteiger partial charge is 0.101 e. The molecule has 1 heterocycles. The summed E-state index contributed by atoms with van der Waals surface area (Å²) in [7, 11) is 0. The van der Waals surface area contributed by atoms with E-state index in [1.54, 1.807) is 6.20 Å². The fourth-order valence-electron chi connectivity index (χ4n) is 1.68. The van der Waals surface area contributed by atoms with Crippen molar-refractivity contribution in [2.75, 3.05) is 0 Å². The first-order chi connectivity index (χ1) is 7.02. The van der Waals surface area contributed by atoms with Crippen LogP contribution in [0.5, 0.6) is 0 Å². The van der Waals surface area contributed by atoms with Crippen LogP contribution in [-0.2, 0) is 5.41 Å². The van der Waals surface area contributed by atoms with Crippen molar-refractivity contribution in [2.24, 2.45) is 0 Å². The van der Waals surface area contributed by atoms with E-state index in [1.807, 2.05) is 6.07 Å². The van der Waals surface area contributed by atoms with Gasteiger partial charge in [0.2, 0.25) is 0 Å². The third-order valence-electron chi connectivity index (χ3n) is 2.67. The lowest BCUT2D eigenvalue weighted by molar-refractivity contribution is 0.591. The SMILES string of the molecule is CC(C)(C)c1ccc2[nH]cc(C#N)c2c1. The second-order valence-electron chi connectivity index (χ2n) is 4.82. The zero-order chi connectivity index (χ0) is 11.1. The lowest BCUT2D eigenvalue weighted by Crippen LogP contribution is -2.10. The molecule has 0 bridgehead atoms. The number of benzene rings is 1. The predicted molar refractivity (Wildman–Crippen MR) is 61.7 cm³/mol. The fraction of sp³-hybridized carbons (Fsp3) is 0.308. The van der Waals surface area contributed by atoms with E-state index >= 15 is 0 Å². The molecule has 0 unspecified atom stereocenters. The number of H-pyrrole nitrogens is 1. The molecule has 0 fully saturated rings. The minimum absolute atomic E-state index is 0.123. The number of nitrogens with zero attached hydrogens (tertiary/aromatic N) is 1. The van der Waals surface area contributed by atoms with Gasteiger partial charge in [-0.2, -0.15) is 5.26 Å². The summed E-state index contributed by atoms with van der Waals surface area (Å²) in [6.07, 6.45) is 1.76. The zero-order valence-electron chi connectivity index (χ0n) is 9.26. The maximum Gasteiger partial charge on any atom is 0.101 e. The van der Waals surface area contributed by atoms with Crippen LogP contribution in [-0.4, -0.2) is 4.98 Å². The highest BCUT2D eigenvalue weighted by Gasteiger charge is 2.14. The van der Waals surface area contributed by atoms with Crippen LogP contribution >= 0.6 is 0 Å². The molecule has 2 rings (SSSR count). The summed E-state index contributed by atoms with van der Waals surface area (Å²) in [6.45, 7) is 6.52. The molecule has 2 heteroatoms. The first-order valence-electron chi connectivity index (χ1n) is 5.04. The third kappa shape index (κ3) is 1.61. The predicted octanol–water partition coefficient (Wildman–Crippen LogP) is 3.34. The number of nitriles is 1. The summed E-state index contributed by atoms with van der Waals surface area (Å²) in [5.41, 5.74) is 3.12. The Morgan fingerprint density at radius 2 is 2.00 bits per heavy atom. The molecule has 0 amide bonds. The second-order valence-corrected chi connectivity index (χ2v) is 4.82. The Bertz CT molecular complexity index is 536. The lowest BCUT2D eigenvalue weighted by Gasteiger charge is -2.18. The molecule has 2 aromatic rings. The van der Waals surface area contributed by atoms with Gasteiger partial charge < -0.3 is 4.98 Å². The molecule has 0 spiro atoms. The number of aromatic amines is 1. The maximum atomic E-state index is 8.95. The number of fused-ring (bicyclic) bond motifs is 1. The van der Waals surface area contributed by atoms with Gasteiger partial charge in [-0.25, -0.2) is 0 Å². The van der Waals surface area contributed by atoms with Gasteiger partial charge in [0.05, 0.1) is 5.56 Å². The van der Waals surface area contributed by atoms with Crippen molar-refractivity contribution in [3.8, 4) is 6.07 Å². The first-order valence-corrected chi connectivity index (χ1v) is 5.04. The first kappa shape index (κ1) is 9.79. The molecule has 0 radical (unpaired) electrons. The Hall–Kier alpha value is -1.75. The molecule has 0 aliphatic carbocycles. The van der Waals surface area contributed by atoms with Crippen molar-refractivity contribution in [1.29, 1.82) is 5.26 Å². The number of aromatic nitrogens is 1. The molecular formula is C13H14N2. The summed E-state index contributed by atoms with van der Waals surface area (Å²) >= 11 is 0. The minimum atomic E-state index is 0.123. The summed E-state index contributed by atoms with van der Waals surface area (Å²) < 4.78 is 0. The van der Waals surface area contributed by atoms with Crippen molar-refractivity contribution in [2.45, 2.75) is 26.2 Å². The van der Waals surface area contributed by atoms with E-state index in [1.165, 1.54) is 5.56 Å². The van der Waals surface area contributed by atoms with Gasteiger partial charge in [0, 0.05) is 17.1 Å². The van der Waals surface area contributed by atoms with E-state index in [0.717, 1.165) is 16.5 Å². The van der Waals surface area contributed by atoms with E-state index in [9.17, 15) is 0 Å². The van der Waals surface area contributed by atoms with Crippen LogP contribution in [0.15, 0.2) is 24.4 Å². The molecule has 76 valence electrons. The van der Waals surface area contributed by atoms with Crippen molar-refractivity contribution in [1.82, 2.24) is 4.98 Å². The fourth-order valence-corrected chi connectivity index (χ4v) is 1.68. The van der Waals surface area contributed by atoms with E-state index < -0.39 is 0 Å². The highest BCUT2D eigenvalue weighted by molar-refractivity contribution is 5.86. The minimum Gasteiger partial charge on any atom is -0.360 e. The van der Waals surface area contributed by atoms with Gasteiger partial charge in [-0.05, 0) is 23.1 Å². The van der Waals surface area contributed by atoms with Crippen LogP contribution in [0, 0.1) is 11.3 Å². The van der Waals surface area contributed by atoms with E-state index in [4.69, 9.17) is 5.26 Å². The molecule has 0 saturated heterocycles. The van der Waals surface area contributed by atoms with Crippen LogP contribution < -0.4 is 0 Å². The van der Waals surface area contributed by atoms with Crippen molar-refractivity contribution in [3.05, 3.63) is 35.5 Å². The Kier molecular flexibility index (Phi) is 2.04. The van der Waals surface area contributed by atoms with Crippen LogP contribution in [0.4, 0.5) is 0 Å². The highest BCUT2D eigenvalue weighted by atomic mass is 14.7. The van der Waals surface area contributed by atoms with Gasteiger partial charge in [-0.3, -0.25) is 0 Å². The Morgan fingerprint density at radius 3 is 2.60 bits per heavy atom. The number of nitrogens with one attached hydrogen (secondary N) is 1. The monoisotopic (exact) mass is 198 g/mol. The molecule has 1 aromatic heterocycles. The molecule has 0 atom stereocenters. The van der Waals surface area contributed by atoms with Gasteiger partial charge in [0.1, 0.15) is 6.07 Å². The normalized spacial score (nSPS) is 11.6. The van der Waals surface area contributed by atoms with Crippen LogP contribution in [0.25, 0.3) is 10.9 Å². The largest absolute Gasteiger partial charge is 0.360 e. The van der Waals surface area contributed by atoms with Crippen molar-refractivity contribution < 1.29 is 0 Å². The Balaban J connectivity index is 2.69. The molecule has 15 heavy (non-hydrogen) atoms. The molecule has 1 N–H and O–H groups in total. The Morgan fingerprint density at radius 1 is 1.27 bits per heavy atom. The molecule has 1 aromatic carbocycles. The molecule has 0 aliphatic rings. The van der Waals surface area contributed by atoms with Gasteiger partial charge >= 0.3 is 0 Å². The van der Waals surface area contributed by atoms with Gasteiger partial charge in [-0.15, -0.1) is 0 Å². The molecule has 0 saturated carbocycles. The van der Waals surface area contributed by atoms with Crippen molar-refractivity contribution >= 4 is 10.9 Å². The third-order valence-corrected chi connectivity index (χ3v) is 2.67. The van der Waals surface area contributed by atoms with Crippen LogP contribution in [0.1, 0.15) is 31.9 Å². The number of hydrogen-bond acceptors (Lipinski definition) is 1. The standard InChI is InChI=1S/C13H14N2/c1-13(2,3)10-4-5-12-11(6-10)9(7-14)8-15-12/h4-6,8,15H,1-3H3. The van der Waals surface area contributed by atoms with Crippen molar-refractivity contribution in [3.63, 3.8) is 0 Å². The van der Waals surface area contributed by atoms with Crippen LogP contribution in [0.2, 0.25) is 0 Å². The Labute approximate surface area is 89.5 Å². The quantitative estimate of drug-likeness (QED) is 0.692. The van der Waals surface area contributed by atoms with Crippen LogP contribution in [0.3, 0.4) is 0 Å². The summed E-state index contributed by atoms with van der Waals surface area (Å²) in [6, 6.07) is 8.45. The number of rotatable bonds is 0. The topological polar surface area (TPSA) is 39.6 Å². The summed E-state index contributed by atoms with van der Waals surface area (Å²) in [5.74, 6) is 0. The summed E-state index contributed by atoms with van der Waals surface area (Å²) in [5, 5.41) is 9.97. The van der Waals surface area contributed by atoms with Gasteiger partial charge in [0.25, 0.3) is 0 Å². The lowest BCUT2D eigenvalue weighted by atomic mass is 9.86. The summed E-state index contributed by atoms with van der Waals surface area (Å²) in [4.78, 5) is 3.10. The molecule has 2 nitrogen and oxygen atoms in total. The number of hydrogen-bond donors (Lipinski definition) is 1. The molecule has 0 aliphatic heterocycles. The zero-order valence-corrected chi connectivity index (χ0v) is 9.26. The maximum absolute atomic E-state index is 8.95. The average molecular weight is 198 g/mol. The van der Waals surface area contributed by atoms with Gasteiger partial charge in [0.15, 0.2) is 0 Å². The van der Waals surface area contributed by atoms with E-state index in [-0.39, 0.29) is 5.41 Å². The van der Waals surface area contributed by atoms with Gasteiger partial charge in [-0.1, -0.05) is 26.8 Å². The second kappa shape index (κ2) is 3.13. The van der Waals surface area contributed by atoms with E-state index in [2.05, 4.69) is 44.0 Å². The van der Waals surface area contributed by atoms with E-state index in [0.29, 0.717) is 0 Å². The average Bonchev–Trinajstić information content (AvgIpc) is 2.57. The highest BCUT2D eigenvalue weighted by Crippen LogP contribution is 2.27.